The Kier molecular flexibility index (Phi) is 4.57. The molecule has 0 radical (unpaired) electrons. The molecule has 3 rings (SSSR count). The molecule has 7 heteroatoms. The highest BCUT2D eigenvalue weighted by atomic mass is 35.5. The topological polar surface area (TPSA) is 64.3 Å². The first-order chi connectivity index (χ1) is 11.4. The maximum atomic E-state index is 5.85. The third-order valence-electron chi connectivity index (χ3n) is 3.42. The largest absolute Gasteiger partial charge is 0.492 e. The van der Waals surface area contributed by atoms with Crippen LogP contribution in [0.2, 0.25) is 5.02 Å². The van der Waals surface area contributed by atoms with Crippen molar-refractivity contribution in [2.75, 3.05) is 18.5 Å². The Morgan fingerprint density at radius 3 is 2.54 bits per heavy atom. The molecule has 1 aromatic carbocycles. The van der Waals surface area contributed by atoms with Crippen molar-refractivity contribution < 1.29 is 4.74 Å². The monoisotopic (exact) mass is 345 g/mol. The molecule has 24 heavy (non-hydrogen) atoms. The van der Waals surface area contributed by atoms with E-state index in [2.05, 4.69) is 41.4 Å². The molecule has 0 saturated carbocycles. The van der Waals surface area contributed by atoms with Crippen LogP contribution >= 0.6 is 11.6 Å². The molecule has 0 saturated heterocycles. The van der Waals surface area contributed by atoms with Gasteiger partial charge in [0.25, 0.3) is 0 Å². The summed E-state index contributed by atoms with van der Waals surface area (Å²) in [6.07, 6.45) is 0. The first-order valence-corrected chi connectivity index (χ1v) is 8.16. The minimum absolute atomic E-state index is 0.122. The van der Waals surface area contributed by atoms with Crippen LogP contribution in [0, 0.1) is 0 Å². The molecule has 126 valence electrons. The van der Waals surface area contributed by atoms with Gasteiger partial charge in [-0.1, -0.05) is 32.4 Å². The van der Waals surface area contributed by atoms with E-state index >= 15 is 0 Å². The number of hydrogen-bond donors (Lipinski definition) is 1. The summed E-state index contributed by atoms with van der Waals surface area (Å²) in [5, 5.41) is 16.9. The van der Waals surface area contributed by atoms with Gasteiger partial charge in [0.2, 0.25) is 0 Å². The van der Waals surface area contributed by atoms with Gasteiger partial charge < -0.3 is 10.1 Å². The Hall–Kier alpha value is -2.34. The summed E-state index contributed by atoms with van der Waals surface area (Å²) in [5.74, 6) is 2.38. The fraction of sp³-hybridized carbons (Fsp3) is 0.353. The Morgan fingerprint density at radius 2 is 1.83 bits per heavy atom. The Balaban J connectivity index is 1.62. The fourth-order valence-electron chi connectivity index (χ4n) is 2.23. The van der Waals surface area contributed by atoms with Gasteiger partial charge in [0.15, 0.2) is 11.5 Å². The maximum Gasteiger partial charge on any atom is 0.178 e. The van der Waals surface area contributed by atoms with Crippen molar-refractivity contribution in [2.24, 2.45) is 0 Å². The van der Waals surface area contributed by atoms with E-state index in [1.807, 2.05) is 24.3 Å². The zero-order valence-corrected chi connectivity index (χ0v) is 14.7. The lowest BCUT2D eigenvalue weighted by atomic mass is 9.96. The van der Waals surface area contributed by atoms with Crippen LogP contribution in [0.3, 0.4) is 0 Å². The lowest BCUT2D eigenvalue weighted by Gasteiger charge is -2.15. The van der Waals surface area contributed by atoms with Crippen molar-refractivity contribution in [1.82, 2.24) is 19.8 Å². The molecular weight excluding hydrogens is 326 g/mol. The number of ether oxygens (including phenoxy) is 1. The molecule has 0 bridgehead atoms. The molecule has 0 aliphatic carbocycles. The Labute approximate surface area is 145 Å². The van der Waals surface area contributed by atoms with Gasteiger partial charge in [0, 0.05) is 10.4 Å². The van der Waals surface area contributed by atoms with E-state index < -0.39 is 0 Å². The molecule has 0 unspecified atom stereocenters. The molecule has 0 atom stereocenters. The molecule has 1 N–H and O–H groups in total. The smallest absolute Gasteiger partial charge is 0.178 e. The highest BCUT2D eigenvalue weighted by Gasteiger charge is 2.21. The van der Waals surface area contributed by atoms with Crippen molar-refractivity contribution in [2.45, 2.75) is 26.2 Å². The van der Waals surface area contributed by atoms with E-state index in [1.165, 1.54) is 0 Å². The predicted octanol–water partition coefficient (Wildman–Crippen LogP) is 3.57. The van der Waals surface area contributed by atoms with Gasteiger partial charge in [0.05, 0.1) is 6.54 Å². The number of benzene rings is 1. The minimum atomic E-state index is -0.122. The average Bonchev–Trinajstić information content (AvgIpc) is 2.96. The first kappa shape index (κ1) is 16.5. The fourth-order valence-corrected chi connectivity index (χ4v) is 2.36. The number of hydrogen-bond acceptors (Lipinski definition) is 5. The molecule has 0 amide bonds. The second kappa shape index (κ2) is 6.65. The molecule has 3 aromatic rings. The average molecular weight is 346 g/mol. The molecule has 2 aromatic heterocycles. The first-order valence-electron chi connectivity index (χ1n) is 7.79. The third kappa shape index (κ3) is 3.76. The van der Waals surface area contributed by atoms with Crippen molar-refractivity contribution >= 4 is 23.1 Å². The zero-order valence-electron chi connectivity index (χ0n) is 14.0. The van der Waals surface area contributed by atoms with Crippen molar-refractivity contribution in [1.29, 1.82) is 0 Å². The zero-order chi connectivity index (χ0) is 17.2. The third-order valence-corrected chi connectivity index (χ3v) is 3.68. The van der Waals surface area contributed by atoms with Crippen molar-refractivity contribution in [3.05, 3.63) is 47.2 Å². The second-order valence-corrected chi connectivity index (χ2v) is 6.93. The Bertz CT molecular complexity index is 823. The predicted molar refractivity (Wildman–Crippen MR) is 94.9 cm³/mol. The molecular formula is C17H20ClN5O. The van der Waals surface area contributed by atoms with Crippen molar-refractivity contribution in [3.8, 4) is 5.75 Å². The molecule has 6 nitrogen and oxygen atoms in total. The summed E-state index contributed by atoms with van der Waals surface area (Å²) >= 11 is 5.85. The number of anilines is 1. The van der Waals surface area contributed by atoms with Gasteiger partial charge in [-0.05, 0) is 36.4 Å². The lowest BCUT2D eigenvalue weighted by molar-refractivity contribution is 0.332. The number of halogens is 1. The summed E-state index contributed by atoms with van der Waals surface area (Å²) in [6.45, 7) is 7.42. The van der Waals surface area contributed by atoms with Crippen LogP contribution in [0.15, 0.2) is 36.4 Å². The van der Waals surface area contributed by atoms with E-state index in [0.717, 1.165) is 23.0 Å². The molecule has 0 fully saturated rings. The van der Waals surface area contributed by atoms with Crippen LogP contribution in [0.25, 0.3) is 5.65 Å². The number of aromatic nitrogens is 4. The Morgan fingerprint density at radius 1 is 1.08 bits per heavy atom. The standard InChI is InChI=1S/C17H20ClN5O/c1-17(2,3)16-21-20-15-9-8-14(22-23(15)16)19-10-11-24-13-6-4-12(18)5-7-13/h4-9H,10-11H2,1-3H3,(H,19,22). The van der Waals surface area contributed by atoms with Gasteiger partial charge in [0.1, 0.15) is 18.2 Å². The van der Waals surface area contributed by atoms with Crippen LogP contribution < -0.4 is 10.1 Å². The number of nitrogens with zero attached hydrogens (tertiary/aromatic N) is 4. The van der Waals surface area contributed by atoms with Crippen LogP contribution in [0.4, 0.5) is 5.82 Å². The van der Waals surface area contributed by atoms with E-state index in [4.69, 9.17) is 16.3 Å². The van der Waals surface area contributed by atoms with Gasteiger partial charge in [-0.3, -0.25) is 0 Å². The van der Waals surface area contributed by atoms with Gasteiger partial charge in [-0.25, -0.2) is 0 Å². The van der Waals surface area contributed by atoms with E-state index in [-0.39, 0.29) is 5.41 Å². The summed E-state index contributed by atoms with van der Waals surface area (Å²) in [6, 6.07) is 11.1. The van der Waals surface area contributed by atoms with E-state index in [1.54, 1.807) is 16.6 Å². The highest BCUT2D eigenvalue weighted by Crippen LogP contribution is 2.20. The van der Waals surface area contributed by atoms with Gasteiger partial charge in [-0.15, -0.1) is 15.3 Å². The number of fused-ring (bicyclic) bond motifs is 1. The summed E-state index contributed by atoms with van der Waals surface area (Å²) in [5.41, 5.74) is 0.616. The summed E-state index contributed by atoms with van der Waals surface area (Å²) in [4.78, 5) is 0. The quantitative estimate of drug-likeness (QED) is 0.716. The van der Waals surface area contributed by atoms with Crippen LogP contribution in [0.5, 0.6) is 5.75 Å². The normalized spacial score (nSPS) is 11.7. The van der Waals surface area contributed by atoms with Crippen LogP contribution in [-0.4, -0.2) is 33.0 Å². The van der Waals surface area contributed by atoms with Gasteiger partial charge in [-0.2, -0.15) is 4.52 Å². The van der Waals surface area contributed by atoms with Gasteiger partial charge >= 0.3 is 0 Å². The van der Waals surface area contributed by atoms with Crippen LogP contribution in [0.1, 0.15) is 26.6 Å². The SMILES string of the molecule is CC(C)(C)c1nnc2ccc(NCCOc3ccc(Cl)cc3)nn12. The highest BCUT2D eigenvalue weighted by molar-refractivity contribution is 6.30. The second-order valence-electron chi connectivity index (χ2n) is 6.49. The molecule has 0 spiro atoms. The minimum Gasteiger partial charge on any atom is -0.492 e. The number of rotatable bonds is 5. The molecule has 0 aliphatic heterocycles. The number of nitrogens with one attached hydrogen (secondary N) is 1. The molecule has 2 heterocycles. The van der Waals surface area contributed by atoms with Crippen molar-refractivity contribution in [3.63, 3.8) is 0 Å². The molecule has 0 aliphatic rings. The lowest BCUT2D eigenvalue weighted by Crippen LogP contribution is -2.18. The maximum absolute atomic E-state index is 5.85. The summed E-state index contributed by atoms with van der Waals surface area (Å²) < 4.78 is 7.43. The van der Waals surface area contributed by atoms with E-state index in [0.29, 0.717) is 18.2 Å². The summed E-state index contributed by atoms with van der Waals surface area (Å²) in [7, 11) is 0. The van der Waals surface area contributed by atoms with E-state index in [9.17, 15) is 0 Å². The van der Waals surface area contributed by atoms with Crippen LogP contribution in [-0.2, 0) is 5.41 Å².